The molecule has 0 saturated heterocycles. The first-order valence-electron chi connectivity index (χ1n) is 5.69. The molecule has 2 heterocycles. The predicted molar refractivity (Wildman–Crippen MR) is 66.6 cm³/mol. The molecule has 0 amide bonds. The third-order valence-electron chi connectivity index (χ3n) is 2.75. The molecule has 0 unspecified atom stereocenters. The number of benzene rings is 1. The molecular formula is C14H12FNO2. The molecule has 0 fully saturated rings. The Bertz CT molecular complexity index is 684. The van der Waals surface area contributed by atoms with Gasteiger partial charge in [0.25, 0.3) is 0 Å². The maximum Gasteiger partial charge on any atom is 0.170 e. The summed E-state index contributed by atoms with van der Waals surface area (Å²) in [5.41, 5.74) is 0.263. The van der Waals surface area contributed by atoms with Crippen molar-refractivity contribution in [3.8, 4) is 11.5 Å². The summed E-state index contributed by atoms with van der Waals surface area (Å²) in [6.45, 7) is 0.647. The van der Waals surface area contributed by atoms with Crippen molar-refractivity contribution in [3.05, 3.63) is 48.0 Å². The first kappa shape index (κ1) is 11.0. The van der Waals surface area contributed by atoms with Crippen molar-refractivity contribution < 1.29 is 13.2 Å². The third-order valence-corrected chi connectivity index (χ3v) is 2.75. The summed E-state index contributed by atoms with van der Waals surface area (Å²) >= 11 is 0. The molecule has 3 nitrogen and oxygen atoms in total. The van der Waals surface area contributed by atoms with Crippen molar-refractivity contribution in [2.45, 2.75) is 6.54 Å². The fourth-order valence-corrected chi connectivity index (χ4v) is 1.93. The van der Waals surface area contributed by atoms with Gasteiger partial charge in [0.2, 0.25) is 0 Å². The van der Waals surface area contributed by atoms with E-state index in [1.54, 1.807) is 12.1 Å². The Balaban J connectivity index is 2.05. The highest BCUT2D eigenvalue weighted by Crippen LogP contribution is 2.30. The lowest BCUT2D eigenvalue weighted by Crippen LogP contribution is -2.03. The Morgan fingerprint density at radius 1 is 1.11 bits per heavy atom. The summed E-state index contributed by atoms with van der Waals surface area (Å²) in [5.74, 6) is 1.60. The SMILES string of the molecule is CNCc1ccc(-c2cc3cccc(F)c3o2)o1. The van der Waals surface area contributed by atoms with Crippen LogP contribution in [0.15, 0.2) is 45.2 Å². The molecule has 0 aliphatic carbocycles. The molecule has 0 aliphatic heterocycles. The molecule has 0 saturated carbocycles. The van der Waals surface area contributed by atoms with Crippen LogP contribution in [-0.4, -0.2) is 7.05 Å². The van der Waals surface area contributed by atoms with Gasteiger partial charge in [-0.15, -0.1) is 0 Å². The molecule has 0 atom stereocenters. The number of para-hydroxylation sites is 1. The van der Waals surface area contributed by atoms with E-state index in [0.717, 1.165) is 11.1 Å². The Morgan fingerprint density at radius 3 is 2.78 bits per heavy atom. The highest BCUT2D eigenvalue weighted by molar-refractivity contribution is 5.82. The Morgan fingerprint density at radius 2 is 2.00 bits per heavy atom. The molecule has 0 radical (unpaired) electrons. The van der Waals surface area contributed by atoms with Gasteiger partial charge in [0.05, 0.1) is 6.54 Å². The monoisotopic (exact) mass is 245 g/mol. The van der Waals surface area contributed by atoms with Gasteiger partial charge in [0.1, 0.15) is 5.76 Å². The van der Waals surface area contributed by atoms with Gasteiger partial charge in [-0.3, -0.25) is 0 Å². The smallest absolute Gasteiger partial charge is 0.170 e. The van der Waals surface area contributed by atoms with Crippen LogP contribution in [0.25, 0.3) is 22.5 Å². The quantitative estimate of drug-likeness (QED) is 0.766. The van der Waals surface area contributed by atoms with Crippen molar-refractivity contribution in [1.29, 1.82) is 0 Å². The van der Waals surface area contributed by atoms with E-state index in [2.05, 4.69) is 5.32 Å². The molecule has 4 heteroatoms. The molecule has 0 spiro atoms. The van der Waals surface area contributed by atoms with Gasteiger partial charge in [-0.05, 0) is 31.3 Å². The van der Waals surface area contributed by atoms with Gasteiger partial charge in [-0.25, -0.2) is 4.39 Å². The second kappa shape index (κ2) is 4.31. The topological polar surface area (TPSA) is 38.3 Å². The number of furan rings is 2. The van der Waals surface area contributed by atoms with E-state index in [4.69, 9.17) is 8.83 Å². The molecule has 3 aromatic rings. The number of fused-ring (bicyclic) bond motifs is 1. The van der Waals surface area contributed by atoms with E-state index in [-0.39, 0.29) is 11.4 Å². The van der Waals surface area contributed by atoms with E-state index >= 15 is 0 Å². The zero-order valence-corrected chi connectivity index (χ0v) is 9.87. The van der Waals surface area contributed by atoms with Crippen molar-refractivity contribution in [1.82, 2.24) is 5.32 Å². The number of rotatable bonds is 3. The van der Waals surface area contributed by atoms with Crippen LogP contribution in [0.5, 0.6) is 0 Å². The molecule has 1 N–H and O–H groups in total. The van der Waals surface area contributed by atoms with Crippen LogP contribution < -0.4 is 5.32 Å². The predicted octanol–water partition coefficient (Wildman–Crippen LogP) is 3.55. The normalized spacial score (nSPS) is 11.2. The number of nitrogens with one attached hydrogen (secondary N) is 1. The first-order valence-corrected chi connectivity index (χ1v) is 5.69. The lowest BCUT2D eigenvalue weighted by Gasteiger charge is -1.93. The Hall–Kier alpha value is -2.07. The summed E-state index contributed by atoms with van der Waals surface area (Å²) in [7, 11) is 1.85. The van der Waals surface area contributed by atoms with Crippen molar-refractivity contribution in [3.63, 3.8) is 0 Å². The lowest BCUT2D eigenvalue weighted by atomic mass is 10.2. The van der Waals surface area contributed by atoms with Crippen LogP contribution in [0.4, 0.5) is 4.39 Å². The first-order chi connectivity index (χ1) is 8.78. The van der Waals surface area contributed by atoms with Crippen LogP contribution in [0.2, 0.25) is 0 Å². The van der Waals surface area contributed by atoms with E-state index < -0.39 is 0 Å². The third kappa shape index (κ3) is 1.80. The summed E-state index contributed by atoms with van der Waals surface area (Å²) in [5, 5.41) is 3.73. The van der Waals surface area contributed by atoms with Gasteiger partial charge >= 0.3 is 0 Å². The van der Waals surface area contributed by atoms with Crippen LogP contribution >= 0.6 is 0 Å². The Labute approximate surface area is 103 Å². The van der Waals surface area contributed by atoms with Crippen molar-refractivity contribution >= 4 is 11.0 Å². The second-order valence-corrected chi connectivity index (χ2v) is 4.07. The summed E-state index contributed by atoms with van der Waals surface area (Å²) in [6, 6.07) is 10.3. The molecule has 2 aromatic heterocycles. The van der Waals surface area contributed by atoms with Crippen LogP contribution in [-0.2, 0) is 6.54 Å². The van der Waals surface area contributed by atoms with E-state index in [0.29, 0.717) is 18.1 Å². The largest absolute Gasteiger partial charge is 0.456 e. The van der Waals surface area contributed by atoms with Crippen LogP contribution in [0, 0.1) is 5.82 Å². The van der Waals surface area contributed by atoms with Crippen LogP contribution in [0.3, 0.4) is 0 Å². The zero-order chi connectivity index (χ0) is 12.5. The van der Waals surface area contributed by atoms with Gasteiger partial charge in [-0.1, -0.05) is 12.1 Å². The summed E-state index contributed by atoms with van der Waals surface area (Å²) in [6.07, 6.45) is 0. The fourth-order valence-electron chi connectivity index (χ4n) is 1.93. The van der Waals surface area contributed by atoms with Gasteiger partial charge in [0.15, 0.2) is 22.9 Å². The maximum atomic E-state index is 13.5. The number of hydrogen-bond donors (Lipinski definition) is 1. The average molecular weight is 245 g/mol. The van der Waals surface area contributed by atoms with E-state index in [1.165, 1.54) is 6.07 Å². The molecule has 1 aromatic carbocycles. The maximum absolute atomic E-state index is 13.5. The highest BCUT2D eigenvalue weighted by Gasteiger charge is 2.12. The zero-order valence-electron chi connectivity index (χ0n) is 9.87. The average Bonchev–Trinajstić information content (AvgIpc) is 2.96. The number of halogens is 1. The highest BCUT2D eigenvalue weighted by atomic mass is 19.1. The van der Waals surface area contributed by atoms with Gasteiger partial charge in [0, 0.05) is 5.39 Å². The van der Waals surface area contributed by atoms with Crippen molar-refractivity contribution in [2.75, 3.05) is 7.05 Å². The molecular weight excluding hydrogens is 233 g/mol. The van der Waals surface area contributed by atoms with E-state index in [1.807, 2.05) is 25.2 Å². The minimum atomic E-state index is -0.360. The van der Waals surface area contributed by atoms with E-state index in [9.17, 15) is 4.39 Å². The molecule has 92 valence electrons. The second-order valence-electron chi connectivity index (χ2n) is 4.07. The number of hydrogen-bond acceptors (Lipinski definition) is 3. The lowest BCUT2D eigenvalue weighted by molar-refractivity contribution is 0.486. The molecule has 18 heavy (non-hydrogen) atoms. The van der Waals surface area contributed by atoms with Crippen molar-refractivity contribution in [2.24, 2.45) is 0 Å². The standard InChI is InChI=1S/C14H12FNO2/c1-16-8-10-5-6-12(17-10)13-7-9-3-2-4-11(15)14(9)18-13/h2-7,16H,8H2,1H3. The minimum Gasteiger partial charge on any atom is -0.456 e. The van der Waals surface area contributed by atoms with Gasteiger partial charge < -0.3 is 14.2 Å². The minimum absolute atomic E-state index is 0.263. The molecule has 3 rings (SSSR count). The van der Waals surface area contributed by atoms with Crippen LogP contribution in [0.1, 0.15) is 5.76 Å². The Kier molecular flexibility index (Phi) is 2.64. The summed E-state index contributed by atoms with van der Waals surface area (Å²) < 4.78 is 24.6. The summed E-state index contributed by atoms with van der Waals surface area (Å²) in [4.78, 5) is 0. The van der Waals surface area contributed by atoms with Gasteiger partial charge in [-0.2, -0.15) is 0 Å². The molecule has 0 bridgehead atoms. The molecule has 0 aliphatic rings. The fraction of sp³-hybridized carbons (Fsp3) is 0.143.